The van der Waals surface area contributed by atoms with E-state index in [2.05, 4.69) is 20.6 Å². The second-order valence-corrected chi connectivity index (χ2v) is 5.54. The molecule has 0 saturated heterocycles. The minimum absolute atomic E-state index is 0.0616. The summed E-state index contributed by atoms with van der Waals surface area (Å²) < 4.78 is 43.9. The van der Waals surface area contributed by atoms with Gasteiger partial charge in [0.15, 0.2) is 23.0 Å². The number of methoxy groups -OCH3 is 1. The number of hydrogen-bond acceptors (Lipinski definition) is 6. The van der Waals surface area contributed by atoms with Gasteiger partial charge in [0.05, 0.1) is 7.11 Å². The molecule has 3 rings (SSSR count). The summed E-state index contributed by atoms with van der Waals surface area (Å²) in [6.07, 6.45) is -5.12. The van der Waals surface area contributed by atoms with Crippen molar-refractivity contribution >= 4 is 11.5 Å². The number of alkyl halides is 3. The van der Waals surface area contributed by atoms with Crippen LogP contribution in [0.5, 0.6) is 11.5 Å². The first-order valence-electron chi connectivity index (χ1n) is 7.74. The van der Waals surface area contributed by atoms with Crippen LogP contribution >= 0.6 is 0 Å². The van der Waals surface area contributed by atoms with Crippen LogP contribution in [0, 0.1) is 0 Å². The molecule has 2 N–H and O–H groups in total. The molecule has 0 aliphatic carbocycles. The number of aromatic hydroxyl groups is 1. The van der Waals surface area contributed by atoms with E-state index in [0.29, 0.717) is 30.1 Å². The van der Waals surface area contributed by atoms with E-state index in [1.807, 2.05) is 0 Å². The maximum absolute atomic E-state index is 12.6. The molecule has 7 nitrogen and oxygen atoms in total. The van der Waals surface area contributed by atoms with E-state index in [1.54, 1.807) is 24.3 Å². The Morgan fingerprint density at radius 2 is 2.00 bits per heavy atom. The zero-order chi connectivity index (χ0) is 18.7. The number of hydrogen-bond donors (Lipinski definition) is 2. The minimum Gasteiger partial charge on any atom is -0.504 e. The molecule has 1 aromatic carbocycles. The number of phenols is 1. The fourth-order valence-electron chi connectivity index (χ4n) is 2.48. The molecule has 0 saturated carbocycles. The van der Waals surface area contributed by atoms with Crippen LogP contribution in [0.2, 0.25) is 0 Å². The number of phenolic OH excluding ortho intramolecular Hbond substituents is 1. The summed E-state index contributed by atoms with van der Waals surface area (Å²) in [4.78, 5) is 0. The molecule has 0 atom stereocenters. The summed E-state index contributed by atoms with van der Waals surface area (Å²) in [5, 5.41) is 24.4. The van der Waals surface area contributed by atoms with Crippen LogP contribution in [0.3, 0.4) is 0 Å². The second kappa shape index (κ2) is 7.06. The van der Waals surface area contributed by atoms with Crippen molar-refractivity contribution in [3.63, 3.8) is 0 Å². The highest BCUT2D eigenvalue weighted by Gasteiger charge is 2.30. The monoisotopic (exact) mass is 367 g/mol. The third-order valence-corrected chi connectivity index (χ3v) is 3.69. The van der Waals surface area contributed by atoms with Crippen molar-refractivity contribution in [1.82, 2.24) is 19.8 Å². The number of nitrogens with one attached hydrogen (secondary N) is 1. The Bertz CT molecular complexity index is 911. The quantitative estimate of drug-likeness (QED) is 0.697. The van der Waals surface area contributed by atoms with Gasteiger partial charge in [-0.25, -0.2) is 0 Å². The Labute approximate surface area is 146 Å². The van der Waals surface area contributed by atoms with Crippen LogP contribution in [0.1, 0.15) is 11.4 Å². The Balaban J connectivity index is 1.70. The van der Waals surface area contributed by atoms with E-state index < -0.39 is 12.6 Å². The van der Waals surface area contributed by atoms with Gasteiger partial charge in [-0.15, -0.1) is 15.3 Å². The number of nitrogens with zero attached hydrogens (tertiary/aromatic N) is 4. The number of benzene rings is 1. The number of fused-ring (bicyclic) bond motifs is 1. The largest absolute Gasteiger partial charge is 0.504 e. The fraction of sp³-hybridized carbons (Fsp3) is 0.312. The van der Waals surface area contributed by atoms with Crippen molar-refractivity contribution in [2.45, 2.75) is 19.0 Å². The van der Waals surface area contributed by atoms with Crippen LogP contribution in [-0.4, -0.2) is 44.7 Å². The summed E-state index contributed by atoms with van der Waals surface area (Å²) >= 11 is 0. The van der Waals surface area contributed by atoms with Gasteiger partial charge >= 0.3 is 6.18 Å². The molecule has 0 amide bonds. The van der Waals surface area contributed by atoms with Crippen LogP contribution in [0.15, 0.2) is 30.3 Å². The lowest BCUT2D eigenvalue weighted by molar-refractivity contribution is -0.128. The molecule has 26 heavy (non-hydrogen) atoms. The van der Waals surface area contributed by atoms with Gasteiger partial charge in [0.1, 0.15) is 12.2 Å². The van der Waals surface area contributed by atoms with Crippen LogP contribution < -0.4 is 10.1 Å². The molecule has 10 heteroatoms. The molecule has 0 fully saturated rings. The fourth-order valence-corrected chi connectivity index (χ4v) is 2.48. The third kappa shape index (κ3) is 3.95. The van der Waals surface area contributed by atoms with Crippen molar-refractivity contribution in [1.29, 1.82) is 0 Å². The maximum atomic E-state index is 12.6. The number of aromatic nitrogens is 4. The van der Waals surface area contributed by atoms with Crippen LogP contribution in [0.25, 0.3) is 5.65 Å². The molecule has 3 aromatic rings. The average molecular weight is 367 g/mol. The van der Waals surface area contributed by atoms with E-state index in [1.165, 1.54) is 13.2 Å². The maximum Gasteiger partial charge on any atom is 0.396 e. The van der Waals surface area contributed by atoms with E-state index in [0.717, 1.165) is 4.52 Å². The second-order valence-electron chi connectivity index (χ2n) is 5.54. The van der Waals surface area contributed by atoms with Crippen molar-refractivity contribution in [2.75, 3.05) is 19.0 Å². The number of halogens is 3. The molecule has 2 aromatic heterocycles. The van der Waals surface area contributed by atoms with Gasteiger partial charge in [-0.1, -0.05) is 12.1 Å². The molecule has 0 bridgehead atoms. The predicted molar refractivity (Wildman–Crippen MR) is 87.4 cm³/mol. The highest BCUT2D eigenvalue weighted by molar-refractivity contribution is 5.47. The van der Waals surface area contributed by atoms with Gasteiger partial charge in [0.2, 0.25) is 0 Å². The summed E-state index contributed by atoms with van der Waals surface area (Å²) in [6.45, 7) is 0.413. The molecule has 0 spiro atoms. The lowest BCUT2D eigenvalue weighted by atomic mass is 10.1. The number of rotatable bonds is 6. The van der Waals surface area contributed by atoms with Crippen molar-refractivity contribution in [3.8, 4) is 11.5 Å². The Morgan fingerprint density at radius 3 is 2.73 bits per heavy atom. The first-order chi connectivity index (χ1) is 12.4. The van der Waals surface area contributed by atoms with E-state index in [4.69, 9.17) is 4.74 Å². The Morgan fingerprint density at radius 1 is 1.19 bits per heavy atom. The normalized spacial score (nSPS) is 11.7. The van der Waals surface area contributed by atoms with E-state index in [-0.39, 0.29) is 17.2 Å². The number of para-hydroxylation sites is 1. The van der Waals surface area contributed by atoms with Gasteiger partial charge in [-0.2, -0.15) is 17.7 Å². The van der Waals surface area contributed by atoms with Gasteiger partial charge in [-0.05, 0) is 30.2 Å². The molecule has 2 heterocycles. The van der Waals surface area contributed by atoms with E-state index >= 15 is 0 Å². The summed E-state index contributed by atoms with van der Waals surface area (Å²) in [6, 6.07) is 8.31. The van der Waals surface area contributed by atoms with Crippen molar-refractivity contribution < 1.29 is 23.0 Å². The molecular formula is C16H16F3N5O2. The third-order valence-electron chi connectivity index (χ3n) is 3.69. The van der Waals surface area contributed by atoms with Crippen LogP contribution in [0.4, 0.5) is 19.0 Å². The SMILES string of the molecule is COc1cccc(CCNc2ccc3nnc(CC(F)(F)F)n3n2)c1O. The van der Waals surface area contributed by atoms with Crippen LogP contribution in [-0.2, 0) is 12.8 Å². The first-order valence-corrected chi connectivity index (χ1v) is 7.74. The van der Waals surface area contributed by atoms with Crippen molar-refractivity contribution in [2.24, 2.45) is 0 Å². The summed E-state index contributed by atoms with van der Waals surface area (Å²) in [5.41, 5.74) is 0.917. The number of anilines is 1. The lowest BCUT2D eigenvalue weighted by Crippen LogP contribution is -2.15. The molecule has 0 radical (unpaired) electrons. The highest BCUT2D eigenvalue weighted by atomic mass is 19.4. The summed E-state index contributed by atoms with van der Waals surface area (Å²) in [7, 11) is 1.47. The molecule has 0 unspecified atom stereocenters. The lowest BCUT2D eigenvalue weighted by Gasteiger charge is -2.10. The minimum atomic E-state index is -4.39. The highest BCUT2D eigenvalue weighted by Crippen LogP contribution is 2.29. The average Bonchev–Trinajstić information content (AvgIpc) is 2.97. The topological polar surface area (TPSA) is 84.6 Å². The summed E-state index contributed by atoms with van der Waals surface area (Å²) in [5.74, 6) is 0.541. The van der Waals surface area contributed by atoms with Gasteiger partial charge in [-0.3, -0.25) is 0 Å². The zero-order valence-corrected chi connectivity index (χ0v) is 13.8. The van der Waals surface area contributed by atoms with Gasteiger partial charge in [0, 0.05) is 6.54 Å². The van der Waals surface area contributed by atoms with Gasteiger partial charge in [0.25, 0.3) is 0 Å². The molecule has 0 aliphatic heterocycles. The predicted octanol–water partition coefficient (Wildman–Crippen LogP) is 2.60. The van der Waals surface area contributed by atoms with Gasteiger partial charge < -0.3 is 15.2 Å². The Kier molecular flexibility index (Phi) is 4.83. The first kappa shape index (κ1) is 17.8. The standard InChI is InChI=1S/C16H16F3N5O2/c1-26-11-4-2-3-10(15(11)25)7-8-20-12-5-6-13-21-22-14(24(13)23-12)9-16(17,18)19/h2-6,25H,7-9H2,1H3,(H,20,23). The molecule has 138 valence electrons. The van der Waals surface area contributed by atoms with Crippen molar-refractivity contribution in [3.05, 3.63) is 41.7 Å². The smallest absolute Gasteiger partial charge is 0.396 e. The molecular weight excluding hydrogens is 351 g/mol. The van der Waals surface area contributed by atoms with E-state index in [9.17, 15) is 18.3 Å². The zero-order valence-electron chi connectivity index (χ0n) is 13.8. The number of ether oxygens (including phenoxy) is 1. The molecule has 0 aliphatic rings. The Hall–Kier alpha value is -3.04.